The summed E-state index contributed by atoms with van der Waals surface area (Å²) in [4.78, 5) is 22.3. The van der Waals surface area contributed by atoms with E-state index in [4.69, 9.17) is 0 Å². The Kier molecular flexibility index (Phi) is 6.41. The van der Waals surface area contributed by atoms with Crippen LogP contribution in [0.25, 0.3) is 0 Å². The van der Waals surface area contributed by atoms with Gasteiger partial charge in [0.25, 0.3) is 5.91 Å². The van der Waals surface area contributed by atoms with Gasteiger partial charge in [-0.3, -0.25) is 9.69 Å². The Morgan fingerprint density at radius 3 is 2.68 bits per heavy atom. The van der Waals surface area contributed by atoms with Crippen molar-refractivity contribution in [3.05, 3.63) is 76.6 Å². The number of nitrogens with zero attached hydrogens (tertiary/aromatic N) is 2. The molecule has 1 fully saturated rings. The summed E-state index contributed by atoms with van der Waals surface area (Å²) in [6, 6.07) is 18.2. The summed E-state index contributed by atoms with van der Waals surface area (Å²) >= 11 is 3.28. The number of thiophene rings is 1. The molecule has 4 rings (SSSR count). The minimum Gasteiger partial charge on any atom is -0.350 e. The van der Waals surface area contributed by atoms with Crippen LogP contribution in [0.15, 0.2) is 76.1 Å². The van der Waals surface area contributed by atoms with Crippen molar-refractivity contribution in [2.45, 2.75) is 28.8 Å². The van der Waals surface area contributed by atoms with Gasteiger partial charge in [0.05, 0.1) is 11.6 Å². The summed E-state index contributed by atoms with van der Waals surface area (Å²) in [6.07, 6.45) is 4.20. The van der Waals surface area contributed by atoms with E-state index in [0.29, 0.717) is 12.1 Å². The summed E-state index contributed by atoms with van der Waals surface area (Å²) < 4.78 is 0. The number of nitrogens with one attached hydrogen (secondary N) is 1. The molecule has 0 saturated carbocycles. The zero-order chi connectivity index (χ0) is 19.2. The molecule has 0 aliphatic carbocycles. The summed E-state index contributed by atoms with van der Waals surface area (Å²) in [5.74, 6) is -0.0627. The quantitative estimate of drug-likeness (QED) is 0.605. The second kappa shape index (κ2) is 9.37. The number of likely N-dealkylation sites (tertiary alicyclic amines) is 1. The van der Waals surface area contributed by atoms with E-state index >= 15 is 0 Å². The molecule has 1 aliphatic rings. The molecule has 1 N–H and O–H groups in total. The van der Waals surface area contributed by atoms with Crippen LogP contribution in [-0.4, -0.2) is 35.4 Å². The lowest BCUT2D eigenvalue weighted by Gasteiger charge is -2.27. The van der Waals surface area contributed by atoms with Crippen LogP contribution in [-0.2, 0) is 0 Å². The molecular weight excluding hydrogens is 386 g/mol. The molecule has 2 aromatic heterocycles. The first kappa shape index (κ1) is 19.2. The number of hydrogen-bond acceptors (Lipinski definition) is 5. The smallest absolute Gasteiger partial charge is 0.254 e. The van der Waals surface area contributed by atoms with E-state index in [-0.39, 0.29) is 11.9 Å². The van der Waals surface area contributed by atoms with Gasteiger partial charge in [0, 0.05) is 22.5 Å². The monoisotopic (exact) mass is 409 g/mol. The van der Waals surface area contributed by atoms with Crippen molar-refractivity contribution < 1.29 is 4.79 Å². The van der Waals surface area contributed by atoms with E-state index in [9.17, 15) is 4.79 Å². The molecule has 1 saturated heterocycles. The van der Waals surface area contributed by atoms with Crippen molar-refractivity contribution in [3.8, 4) is 0 Å². The molecule has 0 spiro atoms. The Morgan fingerprint density at radius 1 is 1.11 bits per heavy atom. The molecule has 28 heavy (non-hydrogen) atoms. The third-order valence-electron chi connectivity index (χ3n) is 4.88. The van der Waals surface area contributed by atoms with Crippen molar-refractivity contribution in [3.63, 3.8) is 0 Å². The lowest BCUT2D eigenvalue weighted by molar-refractivity contribution is 0.0935. The lowest BCUT2D eigenvalue weighted by atomic mass is 10.2. The largest absolute Gasteiger partial charge is 0.350 e. The highest BCUT2D eigenvalue weighted by Gasteiger charge is 2.25. The number of amides is 1. The molecular formula is C22H23N3OS2. The maximum atomic E-state index is 13.0. The zero-order valence-corrected chi connectivity index (χ0v) is 17.2. The SMILES string of the molecule is O=C(NCC(c1cccs1)N1CCCC1)c1cccnc1Sc1ccccc1. The molecule has 3 aromatic rings. The molecule has 144 valence electrons. The molecule has 1 aliphatic heterocycles. The van der Waals surface area contributed by atoms with Crippen LogP contribution in [0.5, 0.6) is 0 Å². The minimum absolute atomic E-state index is 0.0627. The van der Waals surface area contributed by atoms with Gasteiger partial charge >= 0.3 is 0 Å². The van der Waals surface area contributed by atoms with Crippen molar-refractivity contribution in [2.75, 3.05) is 19.6 Å². The minimum atomic E-state index is -0.0627. The Hall–Kier alpha value is -2.15. The molecule has 0 radical (unpaired) electrons. The Balaban J connectivity index is 1.47. The highest BCUT2D eigenvalue weighted by Crippen LogP contribution is 2.30. The predicted octanol–water partition coefficient (Wildman–Crippen LogP) is 4.86. The first-order valence-corrected chi connectivity index (χ1v) is 11.2. The number of benzene rings is 1. The van der Waals surface area contributed by atoms with Gasteiger partial charge in [-0.2, -0.15) is 0 Å². The van der Waals surface area contributed by atoms with Gasteiger partial charge in [-0.1, -0.05) is 36.0 Å². The van der Waals surface area contributed by atoms with Crippen LogP contribution in [0.3, 0.4) is 0 Å². The lowest BCUT2D eigenvalue weighted by Crippen LogP contribution is -2.36. The maximum Gasteiger partial charge on any atom is 0.254 e. The Labute approximate surface area is 174 Å². The number of rotatable bonds is 7. The van der Waals surface area contributed by atoms with E-state index in [1.807, 2.05) is 42.5 Å². The summed E-state index contributed by atoms with van der Waals surface area (Å²) in [7, 11) is 0. The van der Waals surface area contributed by atoms with Crippen molar-refractivity contribution >= 4 is 29.0 Å². The van der Waals surface area contributed by atoms with Gasteiger partial charge in [-0.25, -0.2) is 4.98 Å². The van der Waals surface area contributed by atoms with Crippen molar-refractivity contribution in [1.82, 2.24) is 15.2 Å². The number of carbonyl (C=O) groups is 1. The summed E-state index contributed by atoms with van der Waals surface area (Å²) in [5, 5.41) is 6.01. The Bertz CT molecular complexity index is 893. The third kappa shape index (κ3) is 4.63. The molecule has 0 bridgehead atoms. The Morgan fingerprint density at radius 2 is 1.93 bits per heavy atom. The molecule has 1 unspecified atom stereocenters. The van der Waals surface area contributed by atoms with E-state index in [2.05, 4.69) is 32.7 Å². The predicted molar refractivity (Wildman–Crippen MR) is 115 cm³/mol. The van der Waals surface area contributed by atoms with E-state index in [1.165, 1.54) is 29.5 Å². The average Bonchev–Trinajstić information content (AvgIpc) is 3.44. The van der Waals surface area contributed by atoms with Gasteiger partial charge in [0.2, 0.25) is 0 Å². The fourth-order valence-electron chi connectivity index (χ4n) is 3.47. The van der Waals surface area contributed by atoms with Crippen LogP contribution in [0.1, 0.15) is 34.1 Å². The van der Waals surface area contributed by atoms with Crippen LogP contribution in [0.4, 0.5) is 0 Å². The van der Waals surface area contributed by atoms with Crippen LogP contribution < -0.4 is 5.32 Å². The highest BCUT2D eigenvalue weighted by molar-refractivity contribution is 7.99. The van der Waals surface area contributed by atoms with Gasteiger partial charge < -0.3 is 5.32 Å². The second-order valence-corrected chi connectivity index (χ2v) is 8.80. The normalized spacial score (nSPS) is 15.4. The highest BCUT2D eigenvalue weighted by atomic mass is 32.2. The third-order valence-corrected chi connectivity index (χ3v) is 6.88. The number of hydrogen-bond donors (Lipinski definition) is 1. The van der Waals surface area contributed by atoms with E-state index < -0.39 is 0 Å². The molecule has 3 heterocycles. The van der Waals surface area contributed by atoms with Crippen LogP contribution in [0.2, 0.25) is 0 Å². The second-order valence-electron chi connectivity index (χ2n) is 6.76. The fourth-order valence-corrected chi connectivity index (χ4v) is 5.24. The number of carbonyl (C=O) groups excluding carboxylic acids is 1. The zero-order valence-electron chi connectivity index (χ0n) is 15.6. The van der Waals surface area contributed by atoms with Gasteiger partial charge in [0.15, 0.2) is 0 Å². The van der Waals surface area contributed by atoms with Crippen molar-refractivity contribution in [2.24, 2.45) is 0 Å². The van der Waals surface area contributed by atoms with E-state index in [1.54, 1.807) is 17.5 Å². The molecule has 4 nitrogen and oxygen atoms in total. The maximum absolute atomic E-state index is 13.0. The summed E-state index contributed by atoms with van der Waals surface area (Å²) in [5.41, 5.74) is 0.628. The summed E-state index contributed by atoms with van der Waals surface area (Å²) in [6.45, 7) is 2.81. The molecule has 1 aromatic carbocycles. The van der Waals surface area contributed by atoms with Crippen molar-refractivity contribution in [1.29, 1.82) is 0 Å². The standard InChI is InChI=1S/C22H23N3OS2/c26-21(18-10-6-12-23-22(18)28-17-8-2-1-3-9-17)24-16-19(20-11-7-15-27-20)25-13-4-5-14-25/h1-3,6-12,15,19H,4-5,13-14,16H2,(H,24,26). The molecule has 1 amide bonds. The molecule has 1 atom stereocenters. The number of aromatic nitrogens is 1. The van der Waals surface area contributed by atoms with Gasteiger partial charge in [-0.15, -0.1) is 11.3 Å². The first-order valence-electron chi connectivity index (χ1n) is 9.55. The average molecular weight is 410 g/mol. The van der Waals surface area contributed by atoms with Gasteiger partial charge in [0.1, 0.15) is 5.03 Å². The molecule has 6 heteroatoms. The fraction of sp³-hybridized carbons (Fsp3) is 0.273. The topological polar surface area (TPSA) is 45.2 Å². The first-order chi connectivity index (χ1) is 13.8. The van der Waals surface area contributed by atoms with Gasteiger partial charge in [-0.05, 0) is 61.6 Å². The van der Waals surface area contributed by atoms with Crippen LogP contribution >= 0.6 is 23.1 Å². The van der Waals surface area contributed by atoms with Crippen LogP contribution in [0, 0.1) is 0 Å². The number of pyridine rings is 1. The van der Waals surface area contributed by atoms with E-state index in [0.717, 1.165) is 23.0 Å².